The number of hydrogen-bond donors (Lipinski definition) is 1. The zero-order valence-electron chi connectivity index (χ0n) is 16.4. The highest BCUT2D eigenvalue weighted by Gasteiger charge is 2.42. The van der Waals surface area contributed by atoms with Crippen molar-refractivity contribution in [2.75, 3.05) is 6.61 Å². The Morgan fingerprint density at radius 3 is 2.09 bits per heavy atom. The van der Waals surface area contributed by atoms with Crippen molar-refractivity contribution >= 4 is 15.9 Å². The molecule has 0 saturated heterocycles. The Balaban J connectivity index is 2.81. The Bertz CT molecular complexity index is 337. The molecule has 138 valence electrons. The molecule has 23 heavy (non-hydrogen) atoms. The second-order valence-electron chi connectivity index (χ2n) is 9.74. The quantitative estimate of drug-likeness (QED) is 0.508. The van der Waals surface area contributed by atoms with Gasteiger partial charge in [0.1, 0.15) is 0 Å². The second kappa shape index (κ2) is 9.22. The number of aliphatic hydroxyl groups excluding tert-OH is 1. The SMILES string of the molecule is CC(C)(CO)CC(C)(C)C1(C)CCCCCCCC(Br)CCC1. The molecule has 0 amide bonds. The highest BCUT2D eigenvalue weighted by Crippen LogP contribution is 2.52. The van der Waals surface area contributed by atoms with Crippen LogP contribution in [0.2, 0.25) is 0 Å². The van der Waals surface area contributed by atoms with E-state index in [0.717, 1.165) is 6.42 Å². The standard InChI is InChI=1S/C21H41BrO/c1-19(2,17-23)16-20(3,4)21(5)14-10-8-6-7-9-12-18(22)13-11-15-21/h18,23H,6-17H2,1-5H3. The molecule has 1 aliphatic carbocycles. The molecule has 1 aliphatic rings. The summed E-state index contributed by atoms with van der Waals surface area (Å²) in [6, 6.07) is 0. The third-order valence-electron chi connectivity index (χ3n) is 6.47. The van der Waals surface area contributed by atoms with E-state index in [1.807, 2.05) is 0 Å². The predicted octanol–water partition coefficient (Wildman–Crippen LogP) is 7.11. The maximum Gasteiger partial charge on any atom is 0.0482 e. The van der Waals surface area contributed by atoms with E-state index in [0.29, 0.717) is 10.2 Å². The Morgan fingerprint density at radius 2 is 1.43 bits per heavy atom. The smallest absolute Gasteiger partial charge is 0.0482 e. The maximum absolute atomic E-state index is 9.72. The number of alkyl halides is 1. The van der Waals surface area contributed by atoms with E-state index < -0.39 is 0 Å². The van der Waals surface area contributed by atoms with E-state index in [1.165, 1.54) is 64.2 Å². The van der Waals surface area contributed by atoms with Crippen LogP contribution in [0.5, 0.6) is 0 Å². The van der Waals surface area contributed by atoms with Crippen molar-refractivity contribution in [1.29, 1.82) is 0 Å². The molecule has 1 N–H and O–H groups in total. The van der Waals surface area contributed by atoms with E-state index >= 15 is 0 Å². The fourth-order valence-corrected chi connectivity index (χ4v) is 5.18. The van der Waals surface area contributed by atoms with Gasteiger partial charge in [-0.3, -0.25) is 0 Å². The van der Waals surface area contributed by atoms with Gasteiger partial charge in [-0.2, -0.15) is 0 Å². The van der Waals surface area contributed by atoms with Crippen LogP contribution < -0.4 is 0 Å². The normalized spacial score (nSPS) is 29.6. The van der Waals surface area contributed by atoms with Crippen molar-refractivity contribution < 1.29 is 5.11 Å². The summed E-state index contributed by atoms with van der Waals surface area (Å²) in [5.74, 6) is 0. The van der Waals surface area contributed by atoms with Crippen LogP contribution in [-0.2, 0) is 0 Å². The van der Waals surface area contributed by atoms with Crippen molar-refractivity contribution in [2.24, 2.45) is 16.2 Å². The summed E-state index contributed by atoms with van der Waals surface area (Å²) in [4.78, 5) is 0.711. The molecule has 1 saturated carbocycles. The molecular weight excluding hydrogens is 348 g/mol. The first kappa shape index (κ1) is 21.5. The summed E-state index contributed by atoms with van der Waals surface area (Å²) >= 11 is 3.89. The number of rotatable bonds is 4. The Hall–Kier alpha value is 0.440. The molecule has 1 rings (SSSR count). The lowest BCUT2D eigenvalue weighted by molar-refractivity contribution is 0.000389. The van der Waals surface area contributed by atoms with Crippen molar-refractivity contribution in [3.63, 3.8) is 0 Å². The van der Waals surface area contributed by atoms with Gasteiger partial charge in [0.2, 0.25) is 0 Å². The summed E-state index contributed by atoms with van der Waals surface area (Å²) < 4.78 is 0. The molecule has 1 nitrogen and oxygen atoms in total. The van der Waals surface area contributed by atoms with Crippen LogP contribution in [0.25, 0.3) is 0 Å². The molecule has 2 unspecified atom stereocenters. The molecule has 0 radical (unpaired) electrons. The predicted molar refractivity (Wildman–Crippen MR) is 106 cm³/mol. The maximum atomic E-state index is 9.72. The van der Waals surface area contributed by atoms with Gasteiger partial charge < -0.3 is 5.11 Å². The van der Waals surface area contributed by atoms with E-state index in [-0.39, 0.29) is 17.4 Å². The van der Waals surface area contributed by atoms with Crippen LogP contribution in [0.1, 0.15) is 105 Å². The van der Waals surface area contributed by atoms with Crippen LogP contribution in [0.15, 0.2) is 0 Å². The van der Waals surface area contributed by atoms with Crippen molar-refractivity contribution in [2.45, 2.75) is 110 Å². The van der Waals surface area contributed by atoms with Crippen molar-refractivity contribution in [1.82, 2.24) is 0 Å². The Labute approximate surface area is 154 Å². The van der Waals surface area contributed by atoms with Crippen molar-refractivity contribution in [3.8, 4) is 0 Å². The molecule has 0 aromatic rings. The Morgan fingerprint density at radius 1 is 0.913 bits per heavy atom. The molecular formula is C21H41BrO. The molecule has 0 heterocycles. The first-order valence-electron chi connectivity index (χ1n) is 9.87. The minimum atomic E-state index is 0.0220. The van der Waals surface area contributed by atoms with Gasteiger partial charge in [0.05, 0.1) is 0 Å². The lowest BCUT2D eigenvalue weighted by Crippen LogP contribution is -2.40. The summed E-state index contributed by atoms with van der Waals surface area (Å²) in [5.41, 5.74) is 0.671. The molecule has 0 aromatic carbocycles. The summed E-state index contributed by atoms with van der Waals surface area (Å²) in [6.07, 6.45) is 14.7. The van der Waals surface area contributed by atoms with Gasteiger partial charge in [-0.05, 0) is 48.3 Å². The van der Waals surface area contributed by atoms with Gasteiger partial charge in [0.25, 0.3) is 0 Å². The fraction of sp³-hybridized carbons (Fsp3) is 1.00. The van der Waals surface area contributed by atoms with E-state index in [1.54, 1.807) is 0 Å². The fourth-order valence-electron chi connectivity index (χ4n) is 4.54. The number of aliphatic hydroxyl groups is 1. The molecule has 0 bridgehead atoms. The Kier molecular flexibility index (Phi) is 8.62. The van der Waals surface area contributed by atoms with Crippen LogP contribution in [0.3, 0.4) is 0 Å². The zero-order valence-corrected chi connectivity index (χ0v) is 18.0. The van der Waals surface area contributed by atoms with Gasteiger partial charge in [0, 0.05) is 11.4 Å². The van der Waals surface area contributed by atoms with E-state index in [4.69, 9.17) is 0 Å². The lowest BCUT2D eigenvalue weighted by Gasteiger charge is -2.48. The minimum absolute atomic E-state index is 0.0220. The molecule has 0 spiro atoms. The topological polar surface area (TPSA) is 20.2 Å². The molecule has 0 aliphatic heterocycles. The molecule has 2 heteroatoms. The first-order chi connectivity index (χ1) is 10.6. The van der Waals surface area contributed by atoms with Crippen LogP contribution in [-0.4, -0.2) is 16.5 Å². The van der Waals surface area contributed by atoms with Crippen LogP contribution in [0.4, 0.5) is 0 Å². The first-order valence-corrected chi connectivity index (χ1v) is 10.8. The summed E-state index contributed by atoms with van der Waals surface area (Å²) in [6.45, 7) is 12.1. The van der Waals surface area contributed by atoms with Gasteiger partial charge in [-0.25, -0.2) is 0 Å². The van der Waals surface area contributed by atoms with Gasteiger partial charge in [-0.1, -0.05) is 89.1 Å². The number of hydrogen-bond acceptors (Lipinski definition) is 1. The second-order valence-corrected chi connectivity index (χ2v) is 11.0. The summed E-state index contributed by atoms with van der Waals surface area (Å²) in [5, 5.41) is 9.72. The van der Waals surface area contributed by atoms with E-state index in [9.17, 15) is 5.11 Å². The van der Waals surface area contributed by atoms with E-state index in [2.05, 4.69) is 50.5 Å². The molecule has 2 atom stereocenters. The van der Waals surface area contributed by atoms with Gasteiger partial charge in [0.15, 0.2) is 0 Å². The third kappa shape index (κ3) is 7.06. The minimum Gasteiger partial charge on any atom is -0.396 e. The highest BCUT2D eigenvalue weighted by atomic mass is 79.9. The zero-order chi connectivity index (χ0) is 17.6. The lowest BCUT2D eigenvalue weighted by atomic mass is 9.57. The van der Waals surface area contributed by atoms with Gasteiger partial charge in [-0.15, -0.1) is 0 Å². The highest BCUT2D eigenvalue weighted by molar-refractivity contribution is 9.09. The van der Waals surface area contributed by atoms with Gasteiger partial charge >= 0.3 is 0 Å². The van der Waals surface area contributed by atoms with Crippen molar-refractivity contribution in [3.05, 3.63) is 0 Å². The summed E-state index contributed by atoms with van der Waals surface area (Å²) in [7, 11) is 0. The average Bonchev–Trinajstić information content (AvgIpc) is 2.43. The monoisotopic (exact) mass is 388 g/mol. The average molecular weight is 389 g/mol. The molecule has 0 aromatic heterocycles. The molecule has 1 fully saturated rings. The number of halogens is 1. The van der Waals surface area contributed by atoms with Crippen LogP contribution >= 0.6 is 15.9 Å². The third-order valence-corrected chi connectivity index (χ3v) is 7.39. The van der Waals surface area contributed by atoms with Crippen LogP contribution in [0, 0.1) is 16.2 Å². The largest absolute Gasteiger partial charge is 0.396 e.